The van der Waals surface area contributed by atoms with Crippen molar-refractivity contribution in [3.63, 3.8) is 0 Å². The van der Waals surface area contributed by atoms with Gasteiger partial charge >= 0.3 is 5.97 Å². The van der Waals surface area contributed by atoms with Crippen LogP contribution in [0.1, 0.15) is 43.0 Å². The zero-order valence-corrected chi connectivity index (χ0v) is 19.5. The molecule has 1 aliphatic heterocycles. The third kappa shape index (κ3) is 4.09. The van der Waals surface area contributed by atoms with Gasteiger partial charge in [0.1, 0.15) is 5.75 Å². The lowest BCUT2D eigenvalue weighted by Gasteiger charge is -2.31. The van der Waals surface area contributed by atoms with Gasteiger partial charge in [0.25, 0.3) is 0 Å². The highest BCUT2D eigenvalue weighted by molar-refractivity contribution is 6.06. The summed E-state index contributed by atoms with van der Waals surface area (Å²) in [6.07, 6.45) is 3.53. The fraction of sp³-hybridized carbons (Fsp3) is 0.385. The molecule has 4 rings (SSSR count). The minimum Gasteiger partial charge on any atom is -0.497 e. The molecule has 0 saturated heterocycles. The molecule has 0 bridgehead atoms. The number of allylic oxidation sites excluding steroid dienone is 1. The largest absolute Gasteiger partial charge is 0.497 e. The van der Waals surface area contributed by atoms with Crippen molar-refractivity contribution in [3.8, 4) is 5.75 Å². The predicted molar refractivity (Wildman–Crippen MR) is 127 cm³/mol. The number of hydrazone groups is 1. The maximum absolute atomic E-state index is 12.2. The second kappa shape index (κ2) is 9.07. The summed E-state index contributed by atoms with van der Waals surface area (Å²) in [5.74, 6) is 0.713. The Morgan fingerprint density at radius 3 is 2.62 bits per heavy atom. The number of hydrogen-bond acceptors (Lipinski definition) is 6. The fourth-order valence-electron chi connectivity index (χ4n) is 4.63. The number of benzene rings is 2. The lowest BCUT2D eigenvalue weighted by molar-refractivity contribution is -0.137. The van der Waals surface area contributed by atoms with Crippen LogP contribution in [0.3, 0.4) is 0 Å². The monoisotopic (exact) mass is 433 g/mol. The van der Waals surface area contributed by atoms with E-state index in [0.717, 1.165) is 41.3 Å². The Morgan fingerprint density at radius 2 is 1.97 bits per heavy atom. The quantitative estimate of drug-likeness (QED) is 0.494. The van der Waals surface area contributed by atoms with Crippen LogP contribution in [0.2, 0.25) is 0 Å². The molecule has 1 aliphatic carbocycles. The van der Waals surface area contributed by atoms with E-state index in [1.807, 2.05) is 39.0 Å². The van der Waals surface area contributed by atoms with Crippen molar-refractivity contribution >= 4 is 17.4 Å². The minimum atomic E-state index is -0.344. The van der Waals surface area contributed by atoms with Crippen LogP contribution < -0.4 is 9.64 Å². The van der Waals surface area contributed by atoms with Crippen molar-refractivity contribution in [1.29, 1.82) is 0 Å². The maximum atomic E-state index is 12.2. The molecule has 168 valence electrons. The second-order valence-corrected chi connectivity index (χ2v) is 8.47. The summed E-state index contributed by atoms with van der Waals surface area (Å²) < 4.78 is 10.6. The summed E-state index contributed by atoms with van der Waals surface area (Å²) in [7, 11) is 5.76. The van der Waals surface area contributed by atoms with Gasteiger partial charge in [-0.25, -0.2) is 4.79 Å². The van der Waals surface area contributed by atoms with Gasteiger partial charge in [0, 0.05) is 43.0 Å². The van der Waals surface area contributed by atoms with Gasteiger partial charge in [-0.3, -0.25) is 5.01 Å². The number of anilines is 1. The summed E-state index contributed by atoms with van der Waals surface area (Å²) in [4.78, 5) is 14.3. The zero-order chi connectivity index (χ0) is 22.8. The van der Waals surface area contributed by atoms with Crippen LogP contribution in [-0.4, -0.2) is 44.5 Å². The van der Waals surface area contributed by atoms with Crippen molar-refractivity contribution in [2.24, 2.45) is 11.0 Å². The van der Waals surface area contributed by atoms with E-state index in [2.05, 4.69) is 41.3 Å². The summed E-state index contributed by atoms with van der Waals surface area (Å²) in [5, 5.41) is 7.06. The predicted octanol–water partition coefficient (Wildman–Crippen LogP) is 4.55. The highest BCUT2D eigenvalue weighted by Gasteiger charge is 2.42. The summed E-state index contributed by atoms with van der Waals surface area (Å²) in [5.41, 5.74) is 6.59. The van der Waals surface area contributed by atoms with E-state index >= 15 is 0 Å². The van der Waals surface area contributed by atoms with E-state index in [1.165, 1.54) is 11.1 Å². The number of ether oxygens (including phenoxy) is 2. The van der Waals surface area contributed by atoms with Crippen molar-refractivity contribution in [2.75, 3.05) is 32.7 Å². The Kier molecular flexibility index (Phi) is 6.21. The van der Waals surface area contributed by atoms with Crippen LogP contribution in [0.25, 0.3) is 0 Å². The first-order valence-corrected chi connectivity index (χ1v) is 11.1. The summed E-state index contributed by atoms with van der Waals surface area (Å²) in [6, 6.07) is 14.9. The van der Waals surface area contributed by atoms with Crippen LogP contribution in [-0.2, 0) is 16.0 Å². The van der Waals surface area contributed by atoms with E-state index in [4.69, 9.17) is 14.6 Å². The first-order valence-electron chi connectivity index (χ1n) is 11.1. The van der Waals surface area contributed by atoms with Crippen LogP contribution in [0.5, 0.6) is 5.75 Å². The van der Waals surface area contributed by atoms with Gasteiger partial charge < -0.3 is 14.4 Å². The molecule has 0 N–H and O–H groups in total. The van der Waals surface area contributed by atoms with Crippen LogP contribution in [0, 0.1) is 5.92 Å². The molecule has 0 radical (unpaired) electrons. The Labute approximate surface area is 190 Å². The smallest absolute Gasteiger partial charge is 0.332 e. The number of hydrogen-bond donors (Lipinski definition) is 0. The molecular formula is C26H31N3O3. The molecule has 32 heavy (non-hydrogen) atoms. The minimum absolute atomic E-state index is 0.0197. The third-order valence-corrected chi connectivity index (χ3v) is 6.25. The molecule has 0 saturated carbocycles. The highest BCUT2D eigenvalue weighted by Crippen LogP contribution is 2.45. The van der Waals surface area contributed by atoms with Gasteiger partial charge in [-0.2, -0.15) is 5.10 Å². The molecule has 2 aromatic carbocycles. The number of esters is 1. The van der Waals surface area contributed by atoms with Gasteiger partial charge in [0.2, 0.25) is 0 Å². The lowest BCUT2D eigenvalue weighted by Crippen LogP contribution is -2.28. The van der Waals surface area contributed by atoms with E-state index in [0.29, 0.717) is 6.61 Å². The highest BCUT2D eigenvalue weighted by atomic mass is 16.5. The van der Waals surface area contributed by atoms with E-state index < -0.39 is 0 Å². The van der Waals surface area contributed by atoms with E-state index in [1.54, 1.807) is 13.2 Å². The van der Waals surface area contributed by atoms with Crippen LogP contribution in [0.15, 0.2) is 59.3 Å². The standard InChI is InChI=1S/C26H31N3O3/c1-6-32-24(30)15-17(2)29-26(19-7-11-20(12-8-19)28(3)4)22-14-10-18-9-13-21(31-5)16-23(18)25(22)27-29/h7-9,11-13,15-16,22,26H,6,10,14H2,1-5H3/b17-15+/t22-,26-/m1/s1. The van der Waals surface area contributed by atoms with Crippen molar-refractivity contribution in [3.05, 3.63) is 70.9 Å². The second-order valence-electron chi connectivity index (χ2n) is 8.47. The molecule has 2 atom stereocenters. The first kappa shape index (κ1) is 21.9. The average Bonchev–Trinajstić information content (AvgIpc) is 3.19. The molecule has 1 heterocycles. The normalized spacial score (nSPS) is 19.7. The molecule has 2 aliphatic rings. The zero-order valence-electron chi connectivity index (χ0n) is 19.5. The number of fused-ring (bicyclic) bond motifs is 3. The van der Waals surface area contributed by atoms with Gasteiger partial charge in [-0.1, -0.05) is 18.2 Å². The number of rotatable bonds is 6. The SMILES string of the molecule is CCOC(=O)/C=C(\C)N1N=C2c3cc(OC)ccc3CC[C@H]2[C@H]1c1ccc(N(C)C)cc1. The van der Waals surface area contributed by atoms with Gasteiger partial charge in [0.05, 0.1) is 25.5 Å². The number of nitrogens with zero attached hydrogens (tertiary/aromatic N) is 3. The molecular weight excluding hydrogens is 402 g/mol. The number of aryl methyl sites for hydroxylation is 1. The first-order chi connectivity index (χ1) is 15.4. The molecule has 2 aromatic rings. The van der Waals surface area contributed by atoms with Gasteiger partial charge in [-0.15, -0.1) is 0 Å². The molecule has 0 amide bonds. The molecule has 0 unspecified atom stereocenters. The molecule has 6 heteroatoms. The number of methoxy groups -OCH3 is 1. The topological polar surface area (TPSA) is 54.4 Å². The molecule has 0 spiro atoms. The van der Waals surface area contributed by atoms with Gasteiger partial charge in [-0.05, 0) is 62.1 Å². The summed E-state index contributed by atoms with van der Waals surface area (Å²) >= 11 is 0. The maximum Gasteiger partial charge on any atom is 0.332 e. The molecule has 0 aromatic heterocycles. The van der Waals surface area contributed by atoms with E-state index in [9.17, 15) is 4.79 Å². The Bertz CT molecular complexity index is 1060. The van der Waals surface area contributed by atoms with Gasteiger partial charge in [0.15, 0.2) is 0 Å². The van der Waals surface area contributed by atoms with Crippen molar-refractivity contribution in [1.82, 2.24) is 5.01 Å². The van der Waals surface area contributed by atoms with Crippen molar-refractivity contribution < 1.29 is 14.3 Å². The van der Waals surface area contributed by atoms with Crippen LogP contribution in [0.4, 0.5) is 5.69 Å². The Hall–Kier alpha value is -3.28. The number of carbonyl (C=O) groups excluding carboxylic acids is 1. The fourth-order valence-corrected chi connectivity index (χ4v) is 4.63. The van der Waals surface area contributed by atoms with Crippen molar-refractivity contribution in [2.45, 2.75) is 32.7 Å². The lowest BCUT2D eigenvalue weighted by atomic mass is 9.77. The van der Waals surface area contributed by atoms with E-state index in [-0.39, 0.29) is 17.9 Å². The third-order valence-electron chi connectivity index (χ3n) is 6.25. The molecule has 0 fully saturated rings. The summed E-state index contributed by atoms with van der Waals surface area (Å²) in [6.45, 7) is 4.08. The Balaban J connectivity index is 1.78. The average molecular weight is 434 g/mol. The number of carbonyl (C=O) groups is 1. The Morgan fingerprint density at radius 1 is 1.22 bits per heavy atom. The molecule has 6 nitrogen and oxygen atoms in total. The van der Waals surface area contributed by atoms with Crippen LogP contribution >= 0.6 is 0 Å².